The maximum Gasteiger partial charge on any atom is 0.338 e. The highest BCUT2D eigenvalue weighted by atomic mass is 32.1. The Kier molecular flexibility index (Phi) is 7.12. The van der Waals surface area contributed by atoms with Gasteiger partial charge in [-0.25, -0.2) is 19.0 Å². The molecule has 0 aliphatic carbocycles. The molecule has 1 aliphatic rings. The van der Waals surface area contributed by atoms with Gasteiger partial charge in [0.1, 0.15) is 17.3 Å². The molecule has 10 heteroatoms. The Balaban J connectivity index is 1.57. The number of methoxy groups -OCH3 is 1. The van der Waals surface area contributed by atoms with Crippen molar-refractivity contribution >= 4 is 29.4 Å². The van der Waals surface area contributed by atoms with Crippen molar-refractivity contribution < 1.29 is 27.9 Å². The van der Waals surface area contributed by atoms with Crippen LogP contribution in [0, 0.1) is 5.82 Å². The molecule has 2 aromatic heterocycles. The number of nitrogens with zero attached hydrogens (tertiary/aromatic N) is 2. The van der Waals surface area contributed by atoms with Gasteiger partial charge in [0.05, 0.1) is 41.1 Å². The predicted molar refractivity (Wildman–Crippen MR) is 142 cm³/mol. The fraction of sp³-hybridized carbons (Fsp3) is 0.172. The third-order valence-corrected chi connectivity index (χ3v) is 7.18. The Labute approximate surface area is 226 Å². The first-order valence-electron chi connectivity index (χ1n) is 12.0. The van der Waals surface area contributed by atoms with E-state index in [2.05, 4.69) is 4.99 Å². The fourth-order valence-electron chi connectivity index (χ4n) is 4.36. The van der Waals surface area contributed by atoms with Crippen molar-refractivity contribution in [2.24, 2.45) is 4.99 Å². The summed E-state index contributed by atoms with van der Waals surface area (Å²) in [6, 6.07) is 15.1. The second-order valence-electron chi connectivity index (χ2n) is 8.62. The average Bonchev–Trinajstić information content (AvgIpc) is 3.52. The molecule has 0 saturated heterocycles. The van der Waals surface area contributed by atoms with Gasteiger partial charge in [0, 0.05) is 11.6 Å². The van der Waals surface area contributed by atoms with E-state index in [1.807, 2.05) is 0 Å². The summed E-state index contributed by atoms with van der Waals surface area (Å²) in [5.74, 6) is -0.464. The number of thiazole rings is 1. The topological polar surface area (TPSA) is 100 Å². The van der Waals surface area contributed by atoms with Crippen LogP contribution in [0.5, 0.6) is 0 Å². The quantitative estimate of drug-likeness (QED) is 0.339. The van der Waals surface area contributed by atoms with E-state index in [9.17, 15) is 18.8 Å². The first kappa shape index (κ1) is 26.1. The molecule has 0 fully saturated rings. The summed E-state index contributed by atoms with van der Waals surface area (Å²) in [4.78, 5) is 43.2. The third kappa shape index (κ3) is 4.98. The van der Waals surface area contributed by atoms with E-state index in [1.165, 1.54) is 23.8 Å². The van der Waals surface area contributed by atoms with Crippen molar-refractivity contribution in [1.29, 1.82) is 0 Å². The molecule has 3 heterocycles. The van der Waals surface area contributed by atoms with Crippen LogP contribution in [0.2, 0.25) is 0 Å². The molecule has 0 saturated carbocycles. The number of aromatic nitrogens is 1. The second-order valence-corrected chi connectivity index (χ2v) is 9.63. The number of carbonyl (C=O) groups excluding carboxylic acids is 2. The van der Waals surface area contributed by atoms with Gasteiger partial charge in [0.25, 0.3) is 5.56 Å². The largest absolute Gasteiger partial charge is 0.465 e. The Morgan fingerprint density at radius 2 is 1.79 bits per heavy atom. The van der Waals surface area contributed by atoms with Crippen LogP contribution in [0.1, 0.15) is 41.6 Å². The summed E-state index contributed by atoms with van der Waals surface area (Å²) in [7, 11) is 1.32. The molecule has 8 nitrogen and oxygen atoms in total. The van der Waals surface area contributed by atoms with E-state index in [4.69, 9.17) is 13.9 Å². The molecule has 0 radical (unpaired) electrons. The molecule has 0 unspecified atom stereocenters. The van der Waals surface area contributed by atoms with Crippen molar-refractivity contribution in [1.82, 2.24) is 4.57 Å². The van der Waals surface area contributed by atoms with Crippen molar-refractivity contribution in [2.45, 2.75) is 19.9 Å². The zero-order valence-electron chi connectivity index (χ0n) is 21.3. The molecule has 198 valence electrons. The Morgan fingerprint density at radius 1 is 1.08 bits per heavy atom. The number of ether oxygens (including phenoxy) is 2. The van der Waals surface area contributed by atoms with Crippen molar-refractivity contribution in [2.75, 3.05) is 13.7 Å². The number of fused-ring (bicyclic) bond motifs is 1. The summed E-state index contributed by atoms with van der Waals surface area (Å²) in [5, 5.41) is 0. The zero-order valence-corrected chi connectivity index (χ0v) is 22.1. The first-order valence-corrected chi connectivity index (χ1v) is 12.9. The van der Waals surface area contributed by atoms with E-state index < -0.39 is 23.8 Å². The maximum absolute atomic E-state index is 13.7. The normalized spacial score (nSPS) is 15.1. The monoisotopic (exact) mass is 546 g/mol. The molecule has 39 heavy (non-hydrogen) atoms. The summed E-state index contributed by atoms with van der Waals surface area (Å²) in [6.07, 6.45) is 1.61. The number of furan rings is 1. The van der Waals surface area contributed by atoms with Gasteiger partial charge in [0.2, 0.25) is 0 Å². The lowest BCUT2D eigenvalue weighted by atomic mass is 9.96. The van der Waals surface area contributed by atoms with E-state index in [1.54, 1.807) is 68.5 Å². The molecule has 0 N–H and O–H groups in total. The van der Waals surface area contributed by atoms with Crippen LogP contribution in [0.3, 0.4) is 0 Å². The van der Waals surface area contributed by atoms with Crippen LogP contribution in [0.4, 0.5) is 4.39 Å². The summed E-state index contributed by atoms with van der Waals surface area (Å²) in [6.45, 7) is 3.54. The number of rotatable bonds is 6. The van der Waals surface area contributed by atoms with Gasteiger partial charge in [-0.1, -0.05) is 35.6 Å². The minimum absolute atomic E-state index is 0.155. The Bertz CT molecular complexity index is 1780. The summed E-state index contributed by atoms with van der Waals surface area (Å²) < 4.78 is 31.4. The van der Waals surface area contributed by atoms with E-state index in [-0.39, 0.29) is 17.7 Å². The number of halogens is 1. The van der Waals surface area contributed by atoms with E-state index in [0.29, 0.717) is 37.7 Å². The number of benzene rings is 2. The number of carbonyl (C=O) groups is 2. The van der Waals surface area contributed by atoms with Crippen molar-refractivity contribution in [3.05, 3.63) is 114 Å². The number of hydrogen-bond donors (Lipinski definition) is 0. The molecular weight excluding hydrogens is 523 g/mol. The lowest BCUT2D eigenvalue weighted by Crippen LogP contribution is -2.39. The highest BCUT2D eigenvalue weighted by molar-refractivity contribution is 7.07. The number of allylic oxidation sites excluding steroid dienone is 1. The number of hydrogen-bond acceptors (Lipinski definition) is 8. The molecule has 1 aliphatic heterocycles. The minimum atomic E-state index is -0.830. The van der Waals surface area contributed by atoms with Crippen LogP contribution in [-0.2, 0) is 14.3 Å². The Hall–Kier alpha value is -4.57. The van der Waals surface area contributed by atoms with Crippen LogP contribution in [-0.4, -0.2) is 30.2 Å². The molecule has 5 rings (SSSR count). The highest BCUT2D eigenvalue weighted by Gasteiger charge is 2.33. The molecule has 1 atom stereocenters. The average molecular weight is 547 g/mol. The van der Waals surface area contributed by atoms with Gasteiger partial charge in [0.15, 0.2) is 4.80 Å². The molecular formula is C29H23FN2O6S. The van der Waals surface area contributed by atoms with E-state index >= 15 is 0 Å². The summed E-state index contributed by atoms with van der Waals surface area (Å²) >= 11 is 1.16. The highest BCUT2D eigenvalue weighted by Crippen LogP contribution is 2.31. The standard InChI is InChI=1S/C29H23FN2O6S/c1-4-37-28(35)24-16(2)31-29-32(25(24)18-9-11-20(30)12-10-18)26(33)23(39-29)15-21-13-14-22(38-21)17-5-7-19(8-6-17)27(34)36-3/h5-15,25H,4H2,1-3H3/b23-15+/t25-/m1/s1. The first-order chi connectivity index (χ1) is 18.8. The van der Waals surface area contributed by atoms with Crippen LogP contribution < -0.4 is 14.9 Å². The zero-order chi connectivity index (χ0) is 27.7. The van der Waals surface area contributed by atoms with E-state index in [0.717, 1.165) is 16.9 Å². The SMILES string of the molecule is CCOC(=O)C1=C(C)N=c2s/c(=C/c3ccc(-c4ccc(C(=O)OC)cc4)o3)c(=O)n2[C@@H]1c1ccc(F)cc1. The van der Waals surface area contributed by atoms with Crippen LogP contribution in [0.25, 0.3) is 17.4 Å². The van der Waals surface area contributed by atoms with Gasteiger partial charge in [-0.3, -0.25) is 9.36 Å². The van der Waals surface area contributed by atoms with Crippen LogP contribution >= 0.6 is 11.3 Å². The summed E-state index contributed by atoms with van der Waals surface area (Å²) in [5.41, 5.74) is 1.99. The van der Waals surface area contributed by atoms with Gasteiger partial charge in [-0.15, -0.1) is 0 Å². The van der Waals surface area contributed by atoms with Gasteiger partial charge in [-0.2, -0.15) is 0 Å². The Morgan fingerprint density at radius 3 is 2.46 bits per heavy atom. The molecule has 4 aromatic rings. The second kappa shape index (κ2) is 10.7. The smallest absolute Gasteiger partial charge is 0.338 e. The lowest BCUT2D eigenvalue weighted by Gasteiger charge is -2.24. The van der Waals surface area contributed by atoms with Gasteiger partial charge < -0.3 is 13.9 Å². The minimum Gasteiger partial charge on any atom is -0.465 e. The molecule has 0 amide bonds. The third-order valence-electron chi connectivity index (χ3n) is 6.19. The fourth-order valence-corrected chi connectivity index (χ4v) is 5.38. The molecule has 0 bridgehead atoms. The van der Waals surface area contributed by atoms with Gasteiger partial charge in [-0.05, 0) is 55.8 Å². The van der Waals surface area contributed by atoms with Crippen molar-refractivity contribution in [3.8, 4) is 11.3 Å². The number of esters is 2. The lowest BCUT2D eigenvalue weighted by molar-refractivity contribution is -0.139. The molecule has 0 spiro atoms. The maximum atomic E-state index is 13.7. The predicted octanol–water partition coefficient (Wildman–Crippen LogP) is 3.98. The van der Waals surface area contributed by atoms with Crippen molar-refractivity contribution in [3.63, 3.8) is 0 Å². The molecule has 2 aromatic carbocycles. The van der Waals surface area contributed by atoms with Crippen LogP contribution in [0.15, 0.2) is 86.1 Å². The van der Waals surface area contributed by atoms with Gasteiger partial charge >= 0.3 is 11.9 Å².